The topological polar surface area (TPSA) is 145 Å². The molecular formula is C17H23N9O2. The number of nitrogens with two attached hydrogens (primary N) is 2. The number of hydrogen-bond acceptors (Lipinski definition) is 9. The van der Waals surface area contributed by atoms with Crippen LogP contribution in [0.15, 0.2) is 17.0 Å². The number of anilines is 1. The third-order valence-corrected chi connectivity index (χ3v) is 5.03. The van der Waals surface area contributed by atoms with Crippen LogP contribution in [0.1, 0.15) is 17.3 Å². The number of fused-ring (bicyclic) bond motifs is 1. The van der Waals surface area contributed by atoms with Crippen LogP contribution in [0.3, 0.4) is 0 Å². The number of nitrogens with zero attached hydrogens (tertiary/aromatic N) is 7. The van der Waals surface area contributed by atoms with Crippen molar-refractivity contribution in [2.24, 2.45) is 5.73 Å². The second-order valence-corrected chi connectivity index (χ2v) is 6.66. The van der Waals surface area contributed by atoms with Crippen molar-refractivity contribution >= 4 is 22.8 Å². The highest BCUT2D eigenvalue weighted by Crippen LogP contribution is 2.28. The number of aromatic nitrogens is 5. The Hall–Kier alpha value is -3.05. The molecule has 1 amide bonds. The van der Waals surface area contributed by atoms with Crippen molar-refractivity contribution in [3.8, 4) is 11.5 Å². The molecule has 0 aromatic carbocycles. The number of amides is 1. The normalized spacial score (nSPS) is 15.4. The van der Waals surface area contributed by atoms with E-state index in [1.807, 2.05) is 16.4 Å². The standard InChI is InChI=1S/C17H23N9O2/c1-2-26-14-11(17(27)25-7-5-24(4-3-18)6-8-25)9-20-10-12(14)21-16(26)13-15(19)23-28-22-13/h9-10H,2-8,18H2,1H3,(H2,19,23). The monoisotopic (exact) mass is 385 g/mol. The Morgan fingerprint density at radius 2 is 2.00 bits per heavy atom. The van der Waals surface area contributed by atoms with Crippen molar-refractivity contribution in [1.29, 1.82) is 0 Å². The zero-order valence-corrected chi connectivity index (χ0v) is 15.7. The molecular weight excluding hydrogens is 362 g/mol. The first kappa shape index (κ1) is 18.3. The molecule has 1 aliphatic heterocycles. The fourth-order valence-electron chi connectivity index (χ4n) is 3.61. The summed E-state index contributed by atoms with van der Waals surface area (Å²) in [7, 11) is 0. The fourth-order valence-corrected chi connectivity index (χ4v) is 3.61. The molecule has 28 heavy (non-hydrogen) atoms. The van der Waals surface area contributed by atoms with E-state index in [1.54, 1.807) is 12.4 Å². The number of carbonyl (C=O) groups is 1. The highest BCUT2D eigenvalue weighted by atomic mass is 16.6. The fraction of sp³-hybridized carbons (Fsp3) is 0.471. The quantitative estimate of drug-likeness (QED) is 0.609. The first-order valence-corrected chi connectivity index (χ1v) is 9.28. The van der Waals surface area contributed by atoms with Crippen molar-refractivity contribution < 1.29 is 9.42 Å². The van der Waals surface area contributed by atoms with Gasteiger partial charge in [0.25, 0.3) is 5.91 Å². The van der Waals surface area contributed by atoms with Gasteiger partial charge in [-0.2, -0.15) is 0 Å². The number of carbonyl (C=O) groups excluding carboxylic acids is 1. The molecule has 1 fully saturated rings. The average molecular weight is 385 g/mol. The Balaban J connectivity index is 1.71. The van der Waals surface area contributed by atoms with E-state index < -0.39 is 0 Å². The Bertz CT molecular complexity index is 988. The lowest BCUT2D eigenvalue weighted by Gasteiger charge is -2.34. The summed E-state index contributed by atoms with van der Waals surface area (Å²) >= 11 is 0. The van der Waals surface area contributed by atoms with Gasteiger partial charge in [-0.15, -0.1) is 0 Å². The summed E-state index contributed by atoms with van der Waals surface area (Å²) in [5.74, 6) is 0.603. The second kappa shape index (κ2) is 7.52. The van der Waals surface area contributed by atoms with E-state index in [0.717, 1.165) is 19.6 Å². The first-order valence-electron chi connectivity index (χ1n) is 9.28. The summed E-state index contributed by atoms with van der Waals surface area (Å²) in [6, 6.07) is 0. The van der Waals surface area contributed by atoms with Crippen LogP contribution in [0.5, 0.6) is 0 Å². The molecule has 0 saturated carbocycles. The molecule has 4 N–H and O–H groups in total. The summed E-state index contributed by atoms with van der Waals surface area (Å²) in [4.78, 5) is 26.2. The summed E-state index contributed by atoms with van der Waals surface area (Å²) in [6.45, 7) is 6.94. The maximum atomic E-state index is 13.2. The predicted octanol–water partition coefficient (Wildman–Crippen LogP) is -0.200. The number of aryl methyl sites for hydroxylation is 1. The minimum absolute atomic E-state index is 0.0575. The lowest BCUT2D eigenvalue weighted by Crippen LogP contribution is -2.49. The van der Waals surface area contributed by atoms with Gasteiger partial charge in [-0.05, 0) is 17.2 Å². The summed E-state index contributed by atoms with van der Waals surface area (Å²) in [5.41, 5.74) is 13.7. The molecule has 0 aliphatic carbocycles. The molecule has 11 heteroatoms. The molecule has 4 rings (SSSR count). The molecule has 3 aromatic heterocycles. The number of piperazine rings is 1. The molecule has 3 aromatic rings. The Kier molecular flexibility index (Phi) is 4.92. The lowest BCUT2D eigenvalue weighted by atomic mass is 10.2. The molecule has 148 valence electrons. The van der Waals surface area contributed by atoms with E-state index in [1.165, 1.54) is 0 Å². The second-order valence-electron chi connectivity index (χ2n) is 6.66. The van der Waals surface area contributed by atoms with Gasteiger partial charge in [0, 0.05) is 52.0 Å². The first-order chi connectivity index (χ1) is 13.6. The highest BCUT2D eigenvalue weighted by molar-refractivity contribution is 6.05. The highest BCUT2D eigenvalue weighted by Gasteiger charge is 2.27. The Morgan fingerprint density at radius 3 is 2.64 bits per heavy atom. The maximum absolute atomic E-state index is 13.2. The molecule has 0 atom stereocenters. The minimum atomic E-state index is -0.0575. The van der Waals surface area contributed by atoms with Crippen molar-refractivity contribution in [2.75, 3.05) is 45.0 Å². The largest absolute Gasteiger partial charge is 0.379 e. The van der Waals surface area contributed by atoms with E-state index >= 15 is 0 Å². The van der Waals surface area contributed by atoms with Gasteiger partial charge in [0.1, 0.15) is 5.52 Å². The van der Waals surface area contributed by atoms with Crippen LogP contribution in [0.4, 0.5) is 5.82 Å². The molecule has 0 radical (unpaired) electrons. The lowest BCUT2D eigenvalue weighted by molar-refractivity contribution is 0.0642. The van der Waals surface area contributed by atoms with Gasteiger partial charge < -0.3 is 20.9 Å². The zero-order valence-electron chi connectivity index (χ0n) is 15.7. The number of imidazole rings is 1. The number of pyridine rings is 1. The Labute approximate surface area is 161 Å². The molecule has 4 heterocycles. The molecule has 0 spiro atoms. The van der Waals surface area contributed by atoms with E-state index in [2.05, 4.69) is 25.2 Å². The van der Waals surface area contributed by atoms with Gasteiger partial charge in [0.15, 0.2) is 17.3 Å². The predicted molar refractivity (Wildman–Crippen MR) is 102 cm³/mol. The van der Waals surface area contributed by atoms with Gasteiger partial charge in [0.2, 0.25) is 0 Å². The zero-order chi connectivity index (χ0) is 19.7. The van der Waals surface area contributed by atoms with Crippen molar-refractivity contribution in [1.82, 2.24) is 34.6 Å². The maximum Gasteiger partial charge on any atom is 0.257 e. The average Bonchev–Trinajstić information content (AvgIpc) is 3.30. The third-order valence-electron chi connectivity index (χ3n) is 5.03. The summed E-state index contributed by atoms with van der Waals surface area (Å²) in [5, 5.41) is 7.48. The van der Waals surface area contributed by atoms with Gasteiger partial charge in [-0.1, -0.05) is 0 Å². The van der Waals surface area contributed by atoms with Gasteiger partial charge in [0.05, 0.1) is 17.3 Å². The van der Waals surface area contributed by atoms with Gasteiger partial charge in [-0.3, -0.25) is 14.7 Å². The van der Waals surface area contributed by atoms with Crippen LogP contribution in [-0.2, 0) is 6.54 Å². The molecule has 1 aliphatic rings. The minimum Gasteiger partial charge on any atom is -0.379 e. The smallest absolute Gasteiger partial charge is 0.257 e. The van der Waals surface area contributed by atoms with Crippen molar-refractivity contribution in [3.05, 3.63) is 18.0 Å². The van der Waals surface area contributed by atoms with E-state index in [9.17, 15) is 4.79 Å². The van der Waals surface area contributed by atoms with Crippen LogP contribution < -0.4 is 11.5 Å². The Morgan fingerprint density at radius 1 is 1.21 bits per heavy atom. The van der Waals surface area contributed by atoms with Crippen molar-refractivity contribution in [3.63, 3.8) is 0 Å². The molecule has 0 bridgehead atoms. The molecule has 1 saturated heterocycles. The number of hydrogen-bond donors (Lipinski definition) is 2. The third kappa shape index (κ3) is 3.08. The summed E-state index contributed by atoms with van der Waals surface area (Å²) in [6.07, 6.45) is 3.23. The molecule has 0 unspecified atom stereocenters. The van der Waals surface area contributed by atoms with Crippen LogP contribution in [0.25, 0.3) is 22.6 Å². The van der Waals surface area contributed by atoms with Crippen molar-refractivity contribution in [2.45, 2.75) is 13.5 Å². The SMILES string of the molecule is CCn1c(-c2nonc2N)nc2cncc(C(=O)N3CCN(CCN)CC3)c21. The van der Waals surface area contributed by atoms with E-state index in [0.29, 0.717) is 54.3 Å². The van der Waals surface area contributed by atoms with Crippen LogP contribution in [0.2, 0.25) is 0 Å². The van der Waals surface area contributed by atoms with Gasteiger partial charge >= 0.3 is 0 Å². The van der Waals surface area contributed by atoms with E-state index in [-0.39, 0.29) is 11.7 Å². The van der Waals surface area contributed by atoms with E-state index in [4.69, 9.17) is 16.1 Å². The van der Waals surface area contributed by atoms with Crippen LogP contribution in [-0.4, -0.2) is 79.8 Å². The van der Waals surface area contributed by atoms with Crippen LogP contribution in [0, 0.1) is 0 Å². The number of nitrogen functional groups attached to an aromatic ring is 1. The molecule has 11 nitrogen and oxygen atoms in total. The summed E-state index contributed by atoms with van der Waals surface area (Å²) < 4.78 is 6.61. The number of rotatable bonds is 5. The van der Waals surface area contributed by atoms with Crippen LogP contribution >= 0.6 is 0 Å². The van der Waals surface area contributed by atoms with Gasteiger partial charge in [-0.25, -0.2) is 9.61 Å².